The number of nitrogens with zero attached hydrogens (tertiary/aromatic N) is 1. The van der Waals surface area contributed by atoms with Crippen molar-refractivity contribution in [1.29, 1.82) is 0 Å². The maximum Gasteiger partial charge on any atom is 0.410 e. The molecule has 1 heterocycles. The summed E-state index contributed by atoms with van der Waals surface area (Å²) in [5.74, 6) is -1.07. The van der Waals surface area contributed by atoms with Crippen LogP contribution in [0.15, 0.2) is 60.8 Å². The van der Waals surface area contributed by atoms with Gasteiger partial charge in [-0.3, -0.25) is 4.90 Å². The molecule has 1 atom stereocenters. The number of amides is 1. The molecule has 0 bridgehead atoms. The van der Waals surface area contributed by atoms with Crippen molar-refractivity contribution >= 4 is 23.0 Å². The van der Waals surface area contributed by atoms with Gasteiger partial charge in [0.25, 0.3) is 0 Å². The monoisotopic (exact) mass is 352 g/mol. The van der Waals surface area contributed by atoms with Crippen molar-refractivity contribution in [3.8, 4) is 0 Å². The smallest absolute Gasteiger partial charge is 0.410 e. The van der Waals surface area contributed by atoms with Crippen LogP contribution in [-0.4, -0.2) is 40.1 Å². The van der Waals surface area contributed by atoms with Crippen molar-refractivity contribution in [3.05, 3.63) is 71.9 Å². The van der Waals surface area contributed by atoms with Crippen molar-refractivity contribution in [3.63, 3.8) is 0 Å². The minimum absolute atomic E-state index is 0.101. The molecule has 1 aromatic heterocycles. The first kappa shape index (κ1) is 17.5. The molecular weight excluding hydrogens is 332 g/mol. The fourth-order valence-electron chi connectivity index (χ4n) is 2.85. The second kappa shape index (κ2) is 7.74. The molecule has 134 valence electrons. The lowest BCUT2D eigenvalue weighted by Crippen LogP contribution is -2.44. The maximum absolute atomic E-state index is 12.3. The van der Waals surface area contributed by atoms with Crippen LogP contribution in [0.3, 0.4) is 0 Å². The van der Waals surface area contributed by atoms with Crippen LogP contribution in [0.2, 0.25) is 0 Å². The van der Waals surface area contributed by atoms with Gasteiger partial charge in [0.15, 0.2) is 0 Å². The number of aromatic amines is 1. The van der Waals surface area contributed by atoms with E-state index >= 15 is 0 Å². The summed E-state index contributed by atoms with van der Waals surface area (Å²) in [4.78, 5) is 28.3. The molecule has 3 rings (SSSR count). The zero-order valence-corrected chi connectivity index (χ0v) is 14.4. The van der Waals surface area contributed by atoms with Crippen molar-refractivity contribution in [2.75, 3.05) is 7.05 Å². The molecule has 26 heavy (non-hydrogen) atoms. The number of fused-ring (bicyclic) bond motifs is 1. The first-order valence-electron chi connectivity index (χ1n) is 8.27. The number of carbonyl (C=O) groups is 2. The number of hydrogen-bond donors (Lipinski definition) is 2. The molecule has 3 aromatic rings. The third-order valence-electron chi connectivity index (χ3n) is 4.33. The zero-order valence-electron chi connectivity index (χ0n) is 14.4. The van der Waals surface area contributed by atoms with Gasteiger partial charge in [0, 0.05) is 30.6 Å². The molecule has 0 fully saturated rings. The number of aromatic nitrogens is 1. The highest BCUT2D eigenvalue weighted by Gasteiger charge is 2.28. The Hall–Kier alpha value is -3.28. The second-order valence-electron chi connectivity index (χ2n) is 6.07. The molecule has 0 aliphatic heterocycles. The molecule has 6 heteroatoms. The fraction of sp³-hybridized carbons (Fsp3) is 0.200. The van der Waals surface area contributed by atoms with Gasteiger partial charge in [-0.15, -0.1) is 0 Å². The van der Waals surface area contributed by atoms with Crippen LogP contribution in [0.4, 0.5) is 4.79 Å². The van der Waals surface area contributed by atoms with Crippen molar-refractivity contribution < 1.29 is 19.4 Å². The minimum Gasteiger partial charge on any atom is -0.480 e. The Morgan fingerprint density at radius 3 is 2.54 bits per heavy atom. The number of carboxylic acids is 1. The van der Waals surface area contributed by atoms with E-state index in [-0.39, 0.29) is 13.0 Å². The van der Waals surface area contributed by atoms with Gasteiger partial charge in [-0.1, -0.05) is 48.5 Å². The first-order valence-corrected chi connectivity index (χ1v) is 8.27. The Morgan fingerprint density at radius 2 is 1.81 bits per heavy atom. The first-order chi connectivity index (χ1) is 12.6. The predicted molar refractivity (Wildman–Crippen MR) is 97.8 cm³/mol. The van der Waals surface area contributed by atoms with Crippen molar-refractivity contribution in [1.82, 2.24) is 9.88 Å². The average molecular weight is 352 g/mol. The summed E-state index contributed by atoms with van der Waals surface area (Å²) < 4.78 is 5.24. The molecular formula is C20H20N2O4. The molecule has 0 saturated heterocycles. The number of aliphatic carboxylic acids is 1. The van der Waals surface area contributed by atoms with Gasteiger partial charge < -0.3 is 14.8 Å². The summed E-state index contributed by atoms with van der Waals surface area (Å²) in [7, 11) is 1.45. The van der Waals surface area contributed by atoms with Crippen LogP contribution in [0, 0.1) is 0 Å². The van der Waals surface area contributed by atoms with E-state index in [9.17, 15) is 14.7 Å². The van der Waals surface area contributed by atoms with Gasteiger partial charge in [0.05, 0.1) is 0 Å². The summed E-state index contributed by atoms with van der Waals surface area (Å²) in [6.45, 7) is 0.101. The van der Waals surface area contributed by atoms with E-state index in [2.05, 4.69) is 4.98 Å². The van der Waals surface area contributed by atoms with Gasteiger partial charge in [0.1, 0.15) is 12.6 Å². The Kier molecular flexibility index (Phi) is 5.22. The van der Waals surface area contributed by atoms with Crippen LogP contribution >= 0.6 is 0 Å². The van der Waals surface area contributed by atoms with Crippen molar-refractivity contribution in [2.24, 2.45) is 0 Å². The highest BCUT2D eigenvalue weighted by molar-refractivity contribution is 5.85. The summed E-state index contributed by atoms with van der Waals surface area (Å²) >= 11 is 0. The topological polar surface area (TPSA) is 82.6 Å². The SMILES string of the molecule is CN(C(=O)OCc1ccccc1)C(Cc1c[nH]c2ccccc12)C(=O)O. The summed E-state index contributed by atoms with van der Waals surface area (Å²) in [6.07, 6.45) is 1.31. The molecule has 0 radical (unpaired) electrons. The third kappa shape index (κ3) is 3.85. The number of rotatable bonds is 6. The van der Waals surface area contributed by atoms with E-state index in [0.29, 0.717) is 0 Å². The molecule has 0 aliphatic rings. The zero-order chi connectivity index (χ0) is 18.5. The minimum atomic E-state index is -1.07. The lowest BCUT2D eigenvalue weighted by atomic mass is 10.0. The number of carbonyl (C=O) groups excluding carboxylic acids is 1. The summed E-state index contributed by atoms with van der Waals surface area (Å²) in [6, 6.07) is 15.9. The average Bonchev–Trinajstić information content (AvgIpc) is 3.07. The lowest BCUT2D eigenvalue weighted by Gasteiger charge is -2.24. The number of ether oxygens (including phenoxy) is 1. The highest BCUT2D eigenvalue weighted by Crippen LogP contribution is 2.20. The number of likely N-dealkylation sites (N-methyl/N-ethyl adjacent to an activating group) is 1. The van der Waals surface area contributed by atoms with Gasteiger partial charge in [-0.2, -0.15) is 0 Å². The summed E-state index contributed by atoms with van der Waals surface area (Å²) in [5, 5.41) is 10.5. The van der Waals surface area contributed by atoms with E-state index in [1.165, 1.54) is 7.05 Å². The second-order valence-corrected chi connectivity index (χ2v) is 6.07. The Labute approximate surface area is 151 Å². The number of carboxylic acid groups (broad SMARTS) is 1. The van der Waals surface area contributed by atoms with Gasteiger partial charge in [-0.25, -0.2) is 9.59 Å². The number of hydrogen-bond acceptors (Lipinski definition) is 3. The molecule has 0 spiro atoms. The molecule has 0 saturated carbocycles. The van der Waals surface area contributed by atoms with Gasteiger partial charge >= 0.3 is 12.1 Å². The predicted octanol–water partition coefficient (Wildman–Crippen LogP) is 3.43. The van der Waals surface area contributed by atoms with Crippen LogP contribution in [0.1, 0.15) is 11.1 Å². The van der Waals surface area contributed by atoms with Gasteiger partial charge in [-0.05, 0) is 17.2 Å². The number of H-pyrrole nitrogens is 1. The number of nitrogens with one attached hydrogen (secondary N) is 1. The maximum atomic E-state index is 12.3. The van der Waals surface area contributed by atoms with Crippen LogP contribution < -0.4 is 0 Å². The molecule has 2 aromatic carbocycles. The standard InChI is InChI=1S/C20H20N2O4/c1-22(20(25)26-13-14-7-3-2-4-8-14)18(19(23)24)11-15-12-21-17-10-6-5-9-16(15)17/h2-10,12,18,21H,11,13H2,1H3,(H,23,24). The molecule has 1 unspecified atom stereocenters. The number of para-hydroxylation sites is 1. The number of benzene rings is 2. The quantitative estimate of drug-likeness (QED) is 0.712. The largest absolute Gasteiger partial charge is 0.480 e. The van der Waals surface area contributed by atoms with Crippen LogP contribution in [0.5, 0.6) is 0 Å². The van der Waals surface area contributed by atoms with E-state index in [4.69, 9.17) is 4.74 Å². The molecule has 6 nitrogen and oxygen atoms in total. The van der Waals surface area contributed by atoms with E-state index in [1.807, 2.05) is 54.6 Å². The Balaban J connectivity index is 1.70. The molecule has 2 N–H and O–H groups in total. The normalized spacial score (nSPS) is 11.9. The van der Waals surface area contributed by atoms with Gasteiger partial charge in [0.2, 0.25) is 0 Å². The van der Waals surface area contributed by atoms with E-state index in [1.54, 1.807) is 6.20 Å². The highest BCUT2D eigenvalue weighted by atomic mass is 16.6. The molecule has 1 amide bonds. The Bertz CT molecular complexity index is 904. The lowest BCUT2D eigenvalue weighted by molar-refractivity contribution is -0.142. The summed E-state index contributed by atoms with van der Waals surface area (Å²) in [5.41, 5.74) is 2.62. The van der Waals surface area contributed by atoms with Crippen LogP contribution in [-0.2, 0) is 22.6 Å². The third-order valence-corrected chi connectivity index (χ3v) is 4.33. The van der Waals surface area contributed by atoms with Crippen molar-refractivity contribution in [2.45, 2.75) is 19.1 Å². The Morgan fingerprint density at radius 1 is 1.12 bits per heavy atom. The van der Waals surface area contributed by atoms with Crippen LogP contribution in [0.25, 0.3) is 10.9 Å². The molecule has 0 aliphatic carbocycles. The van der Waals surface area contributed by atoms with E-state index < -0.39 is 18.1 Å². The fourth-order valence-corrected chi connectivity index (χ4v) is 2.85. The van der Waals surface area contributed by atoms with E-state index in [0.717, 1.165) is 26.9 Å².